The minimum Gasteiger partial charge on any atom is -0.389 e. The molecule has 1 aromatic heterocycles. The molecule has 0 amide bonds. The van der Waals surface area contributed by atoms with Crippen LogP contribution < -0.4 is 5.32 Å². The highest BCUT2D eigenvalue weighted by atomic mass is 35.5. The Labute approximate surface area is 151 Å². The molecule has 1 heterocycles. The second-order valence-electron chi connectivity index (χ2n) is 5.52. The number of rotatable bonds is 5. The summed E-state index contributed by atoms with van der Waals surface area (Å²) in [5.41, 5.74) is 1.62. The first-order valence-electron chi connectivity index (χ1n) is 7.45. The van der Waals surface area contributed by atoms with Crippen LogP contribution in [-0.2, 0) is 0 Å². The van der Waals surface area contributed by atoms with E-state index in [4.69, 9.17) is 11.6 Å². The molecule has 0 aliphatic rings. The van der Waals surface area contributed by atoms with Crippen LogP contribution in [0.15, 0.2) is 54.7 Å². The molecule has 0 aliphatic carbocycles. The Balaban J connectivity index is 0.00000208. The van der Waals surface area contributed by atoms with Crippen LogP contribution in [0.1, 0.15) is 11.6 Å². The maximum Gasteiger partial charge on any atom is 0.123 e. The van der Waals surface area contributed by atoms with E-state index in [0.29, 0.717) is 17.1 Å². The van der Waals surface area contributed by atoms with E-state index in [-0.39, 0.29) is 18.2 Å². The average molecular weight is 369 g/mol. The van der Waals surface area contributed by atoms with Crippen LogP contribution in [0, 0.1) is 5.82 Å². The topological polar surface area (TPSA) is 37.2 Å². The predicted octanol–water partition coefficient (Wildman–Crippen LogP) is 4.03. The normalized spacial score (nSPS) is 13.5. The van der Waals surface area contributed by atoms with E-state index in [2.05, 4.69) is 5.32 Å². The predicted molar refractivity (Wildman–Crippen MR) is 98.7 cm³/mol. The molecule has 2 aromatic carbocycles. The summed E-state index contributed by atoms with van der Waals surface area (Å²) in [5, 5.41) is 15.2. The number of hydrogen-bond acceptors (Lipinski definition) is 2. The molecule has 24 heavy (non-hydrogen) atoms. The molecule has 0 saturated heterocycles. The van der Waals surface area contributed by atoms with Crippen LogP contribution in [0.25, 0.3) is 10.9 Å². The zero-order chi connectivity index (χ0) is 16.4. The highest BCUT2D eigenvalue weighted by Gasteiger charge is 2.24. The minimum absolute atomic E-state index is 0. The lowest BCUT2D eigenvalue weighted by atomic mass is 10.0. The molecule has 6 heteroatoms. The van der Waals surface area contributed by atoms with E-state index < -0.39 is 12.1 Å². The first-order chi connectivity index (χ1) is 11.1. The van der Waals surface area contributed by atoms with E-state index >= 15 is 0 Å². The molecule has 0 aliphatic heterocycles. The monoisotopic (exact) mass is 368 g/mol. The Morgan fingerprint density at radius 2 is 1.96 bits per heavy atom. The summed E-state index contributed by atoms with van der Waals surface area (Å²) in [6.45, 7) is 0.390. The van der Waals surface area contributed by atoms with Gasteiger partial charge in [0.1, 0.15) is 5.82 Å². The van der Waals surface area contributed by atoms with Gasteiger partial charge in [-0.05, 0) is 42.9 Å². The van der Waals surface area contributed by atoms with Crippen molar-refractivity contribution in [3.05, 3.63) is 71.1 Å². The van der Waals surface area contributed by atoms with Gasteiger partial charge in [0.25, 0.3) is 0 Å². The quantitative estimate of drug-likeness (QED) is 0.713. The first-order valence-corrected chi connectivity index (χ1v) is 7.83. The Kier molecular flexibility index (Phi) is 6.24. The van der Waals surface area contributed by atoms with Gasteiger partial charge >= 0.3 is 0 Å². The van der Waals surface area contributed by atoms with Crippen LogP contribution in [0.3, 0.4) is 0 Å². The van der Waals surface area contributed by atoms with Crippen LogP contribution in [0.2, 0.25) is 5.02 Å². The van der Waals surface area contributed by atoms with E-state index in [0.717, 1.165) is 10.9 Å². The molecule has 0 radical (unpaired) electrons. The lowest BCUT2D eigenvalue weighted by molar-refractivity contribution is 0.132. The van der Waals surface area contributed by atoms with Crippen molar-refractivity contribution in [3.63, 3.8) is 0 Å². The van der Waals surface area contributed by atoms with E-state index in [1.165, 1.54) is 12.1 Å². The third kappa shape index (κ3) is 3.57. The molecule has 0 spiro atoms. The Morgan fingerprint density at radius 1 is 1.21 bits per heavy atom. The van der Waals surface area contributed by atoms with Crippen LogP contribution in [0.4, 0.5) is 4.39 Å². The van der Waals surface area contributed by atoms with E-state index in [1.807, 2.05) is 41.1 Å². The summed E-state index contributed by atoms with van der Waals surface area (Å²) >= 11 is 6.24. The maximum absolute atomic E-state index is 13.7. The third-order valence-electron chi connectivity index (χ3n) is 3.98. The molecule has 0 bridgehead atoms. The van der Waals surface area contributed by atoms with Gasteiger partial charge < -0.3 is 15.0 Å². The fourth-order valence-corrected chi connectivity index (χ4v) is 3.21. The number of benzene rings is 2. The number of nitrogens with one attached hydrogen (secondary N) is 1. The van der Waals surface area contributed by atoms with Crippen molar-refractivity contribution >= 4 is 34.9 Å². The second-order valence-corrected chi connectivity index (χ2v) is 5.93. The summed E-state index contributed by atoms with van der Waals surface area (Å²) in [4.78, 5) is 0. The molecule has 2 atom stereocenters. The molecule has 2 N–H and O–H groups in total. The molecule has 128 valence electrons. The minimum atomic E-state index is -0.712. The van der Waals surface area contributed by atoms with Crippen LogP contribution in [-0.4, -0.2) is 29.4 Å². The van der Waals surface area contributed by atoms with Gasteiger partial charge in [0.05, 0.1) is 17.7 Å². The second kappa shape index (κ2) is 7.99. The summed E-state index contributed by atoms with van der Waals surface area (Å²) in [5.74, 6) is -0.321. The number of aliphatic hydroxyl groups excluding tert-OH is 1. The van der Waals surface area contributed by atoms with E-state index in [1.54, 1.807) is 13.1 Å². The largest absolute Gasteiger partial charge is 0.389 e. The molecule has 0 fully saturated rings. The van der Waals surface area contributed by atoms with Gasteiger partial charge in [-0.3, -0.25) is 0 Å². The zero-order valence-electron chi connectivity index (χ0n) is 13.1. The summed E-state index contributed by atoms with van der Waals surface area (Å²) in [6, 6.07) is 13.5. The molecule has 3 aromatic rings. The molecular weight excluding hydrogens is 350 g/mol. The highest BCUT2D eigenvalue weighted by Crippen LogP contribution is 2.31. The van der Waals surface area contributed by atoms with Gasteiger partial charge in [0, 0.05) is 23.2 Å². The Morgan fingerprint density at radius 3 is 2.67 bits per heavy atom. The third-order valence-corrected chi connectivity index (χ3v) is 4.31. The van der Waals surface area contributed by atoms with Gasteiger partial charge in [-0.2, -0.15) is 0 Å². The molecule has 3 nitrogen and oxygen atoms in total. The zero-order valence-corrected chi connectivity index (χ0v) is 14.7. The van der Waals surface area contributed by atoms with Gasteiger partial charge in [-0.1, -0.05) is 29.8 Å². The highest BCUT2D eigenvalue weighted by molar-refractivity contribution is 6.35. The van der Waals surface area contributed by atoms with Gasteiger partial charge in [-0.15, -0.1) is 12.4 Å². The van der Waals surface area contributed by atoms with Crippen molar-refractivity contribution in [3.8, 4) is 0 Å². The number of likely N-dealkylation sites (N-methyl/N-ethyl adjacent to an activating group) is 1. The number of aliphatic hydroxyl groups is 1. The van der Waals surface area contributed by atoms with Crippen LogP contribution in [0.5, 0.6) is 0 Å². The maximum atomic E-state index is 13.7. The molecule has 0 unspecified atom stereocenters. The summed E-state index contributed by atoms with van der Waals surface area (Å²) in [6.07, 6.45) is 1.17. The fraction of sp³-hybridized carbons (Fsp3) is 0.222. The first kappa shape index (κ1) is 18.7. The standard InChI is InChI=1S/C18H18ClFN2O.ClH/c1-21-11-17(23)18(12-4-2-5-13(20)10-12)22-9-8-14-15(19)6-3-7-16(14)22;/h2-10,17-18,21,23H,11H2,1H3;1H/t17-,18+;/m1./s1. The summed E-state index contributed by atoms with van der Waals surface area (Å²) in [7, 11) is 1.77. The van der Waals surface area contributed by atoms with E-state index in [9.17, 15) is 9.50 Å². The smallest absolute Gasteiger partial charge is 0.123 e. The number of hydrogen-bond donors (Lipinski definition) is 2. The summed E-state index contributed by atoms with van der Waals surface area (Å²) < 4.78 is 15.6. The van der Waals surface area contributed by atoms with Crippen molar-refractivity contribution < 1.29 is 9.50 Å². The molecule has 0 saturated carbocycles. The molecule has 3 rings (SSSR count). The van der Waals surface area contributed by atoms with Crippen molar-refractivity contribution in [1.82, 2.24) is 9.88 Å². The SMILES string of the molecule is CNC[C@@H](O)[C@H](c1cccc(F)c1)n1ccc2c(Cl)cccc21.Cl. The van der Waals surface area contributed by atoms with Crippen molar-refractivity contribution in [2.24, 2.45) is 0 Å². The van der Waals surface area contributed by atoms with Crippen molar-refractivity contribution in [1.29, 1.82) is 0 Å². The van der Waals surface area contributed by atoms with Crippen molar-refractivity contribution in [2.45, 2.75) is 12.1 Å². The average Bonchev–Trinajstić information content (AvgIpc) is 2.93. The number of halogens is 3. The molecular formula is C18H19Cl2FN2O. The van der Waals surface area contributed by atoms with Crippen LogP contribution >= 0.6 is 24.0 Å². The number of fused-ring (bicyclic) bond motifs is 1. The number of aromatic nitrogens is 1. The number of nitrogens with zero attached hydrogens (tertiary/aromatic N) is 1. The van der Waals surface area contributed by atoms with Gasteiger partial charge in [0.2, 0.25) is 0 Å². The Hall–Kier alpha value is -1.59. The lowest BCUT2D eigenvalue weighted by Gasteiger charge is -2.26. The van der Waals surface area contributed by atoms with Gasteiger partial charge in [0.15, 0.2) is 0 Å². The van der Waals surface area contributed by atoms with Gasteiger partial charge in [-0.25, -0.2) is 4.39 Å². The Bertz CT molecular complexity index is 822. The van der Waals surface area contributed by atoms with Crippen molar-refractivity contribution in [2.75, 3.05) is 13.6 Å². The lowest BCUT2D eigenvalue weighted by Crippen LogP contribution is -2.33. The fourth-order valence-electron chi connectivity index (χ4n) is 2.97.